The van der Waals surface area contributed by atoms with Gasteiger partial charge in [0.25, 0.3) is 6.43 Å². The molecule has 6 N–H and O–H groups in total. The number of amidine groups is 1. The summed E-state index contributed by atoms with van der Waals surface area (Å²) in [6, 6.07) is 17.0. The first-order chi connectivity index (χ1) is 31.8. The van der Waals surface area contributed by atoms with Crippen LogP contribution in [0.5, 0.6) is 0 Å². The Hall–Kier alpha value is -6.62. The Bertz CT molecular complexity index is 2680. The monoisotopic (exact) mass is 903 g/mol. The molecule has 3 aromatic carbocycles. The van der Waals surface area contributed by atoms with Gasteiger partial charge < -0.3 is 31.1 Å². The van der Waals surface area contributed by atoms with Crippen molar-refractivity contribution in [2.24, 2.45) is 17.8 Å². The number of anilines is 2. The van der Waals surface area contributed by atoms with Crippen molar-refractivity contribution in [1.29, 1.82) is 5.41 Å². The normalized spacial score (nSPS) is 18.9. The average Bonchev–Trinajstić information content (AvgIpc) is 3.56. The molecule has 0 saturated carbocycles. The molecule has 8 rings (SSSR count). The van der Waals surface area contributed by atoms with Gasteiger partial charge in [0, 0.05) is 125 Å². The predicted molar refractivity (Wildman–Crippen MR) is 254 cm³/mol. The van der Waals surface area contributed by atoms with E-state index >= 15 is 0 Å². The first-order valence-corrected chi connectivity index (χ1v) is 22.8. The number of alkyl halides is 2. The van der Waals surface area contributed by atoms with Crippen LogP contribution in [0.3, 0.4) is 0 Å². The Labute approximate surface area is 382 Å². The van der Waals surface area contributed by atoms with Gasteiger partial charge in [-0.25, -0.2) is 13.6 Å². The van der Waals surface area contributed by atoms with Gasteiger partial charge in [0.15, 0.2) is 0 Å². The highest BCUT2D eigenvalue weighted by Crippen LogP contribution is 2.38. The zero-order valence-electron chi connectivity index (χ0n) is 37.8. The van der Waals surface area contributed by atoms with Gasteiger partial charge in [-0.05, 0) is 91.1 Å². The number of nitrogens with zero attached hydrogens (tertiary/aromatic N) is 6. The Morgan fingerprint density at radius 2 is 1.73 bits per heavy atom. The molecule has 0 bridgehead atoms. The van der Waals surface area contributed by atoms with Crippen molar-refractivity contribution in [1.82, 2.24) is 29.6 Å². The number of carbonyl (C=O) groups excluding carboxylic acids is 3. The van der Waals surface area contributed by atoms with E-state index in [1.807, 2.05) is 23.1 Å². The van der Waals surface area contributed by atoms with Crippen molar-refractivity contribution in [2.45, 2.75) is 83.3 Å². The zero-order valence-corrected chi connectivity index (χ0v) is 37.8. The molecule has 2 saturated heterocycles. The van der Waals surface area contributed by atoms with Crippen molar-refractivity contribution in [2.75, 3.05) is 56.5 Å². The average molecular weight is 904 g/mol. The highest BCUT2D eigenvalue weighted by molar-refractivity contribution is 6.12. The fourth-order valence-corrected chi connectivity index (χ4v) is 9.79. The lowest BCUT2D eigenvalue weighted by atomic mass is 9.91. The fourth-order valence-electron chi connectivity index (χ4n) is 9.79. The summed E-state index contributed by atoms with van der Waals surface area (Å²) < 4.78 is 32.1. The second-order valence-electron chi connectivity index (χ2n) is 17.7. The van der Waals surface area contributed by atoms with Crippen LogP contribution in [-0.4, -0.2) is 101 Å². The fraction of sp³-hybridized carbons (Fsp3) is 0.429. The van der Waals surface area contributed by atoms with Gasteiger partial charge >= 0.3 is 5.69 Å². The number of halogens is 2. The Balaban J connectivity index is 0.865. The Morgan fingerprint density at radius 3 is 2.42 bits per heavy atom. The summed E-state index contributed by atoms with van der Waals surface area (Å²) in [6.07, 6.45) is 5.28. The molecule has 4 aliphatic heterocycles. The predicted octanol–water partition coefficient (Wildman–Crippen LogP) is 5.40. The minimum atomic E-state index is -2.76. The van der Waals surface area contributed by atoms with Crippen molar-refractivity contribution in [3.63, 3.8) is 0 Å². The summed E-state index contributed by atoms with van der Waals surface area (Å²) in [5.41, 5.74) is 13.8. The van der Waals surface area contributed by atoms with Gasteiger partial charge in [0.05, 0.1) is 17.6 Å². The third-order valence-corrected chi connectivity index (χ3v) is 13.5. The van der Waals surface area contributed by atoms with Crippen LogP contribution < -0.4 is 32.3 Å². The molecule has 15 nitrogen and oxygen atoms in total. The van der Waals surface area contributed by atoms with Gasteiger partial charge in [0.1, 0.15) is 11.9 Å². The molecular weight excluding hydrogens is 845 g/mol. The number of allylic oxidation sites excluding steroid dienone is 1. The number of aryl methyl sites for hydroxylation is 2. The number of imide groups is 1. The second kappa shape index (κ2) is 19.9. The quantitative estimate of drug-likeness (QED) is 0.0666. The number of fused-ring (bicyclic) bond motifs is 2. The smallest absolute Gasteiger partial charge is 0.329 e. The lowest BCUT2D eigenvalue weighted by molar-refractivity contribution is -0.135. The molecule has 17 heteroatoms. The first-order valence-electron chi connectivity index (χ1n) is 22.8. The zero-order chi connectivity index (χ0) is 46.6. The molecule has 1 atom stereocenters. The molecule has 1 unspecified atom stereocenters. The molecule has 0 spiro atoms. The van der Waals surface area contributed by atoms with Crippen LogP contribution in [0.1, 0.15) is 85.7 Å². The van der Waals surface area contributed by atoms with Crippen LogP contribution in [0.15, 0.2) is 81.9 Å². The van der Waals surface area contributed by atoms with Crippen molar-refractivity contribution >= 4 is 57.8 Å². The van der Waals surface area contributed by atoms with E-state index in [4.69, 9.17) is 5.73 Å². The minimum Gasteiger partial charge on any atom is -0.404 e. The lowest BCUT2D eigenvalue weighted by Gasteiger charge is -2.39. The number of imidazole rings is 1. The number of likely N-dealkylation sites (tertiary alicyclic amines) is 1. The number of piperidine rings is 2. The maximum absolute atomic E-state index is 14.6. The number of hydrogen-bond acceptors (Lipinski definition) is 10. The Morgan fingerprint density at radius 1 is 0.970 bits per heavy atom. The molecule has 66 heavy (non-hydrogen) atoms. The van der Waals surface area contributed by atoms with Crippen LogP contribution in [0.2, 0.25) is 0 Å². The standard InChI is InChI=1S/C49H59F2N11O4/c1-30(63)60-22-17-40(39(29-60)47(53)61-18-4-5-33-23-37(34(26-52)28-54-2)38(46(50)51)25-43(33)61)56-35-15-20-59(21-16-35)19-14-31-6-8-32(9-7-31)27-55-36-10-11-41-44(24-36)58(3)49(66)62(41)42-12-13-45(64)57-48(42)65/h6-11,23-26,28,35,42,46,53,55-56H,4-5,12-22,27,29,52H2,1-3H3,(H,57,64,65). The van der Waals surface area contributed by atoms with Gasteiger partial charge in [-0.1, -0.05) is 24.3 Å². The van der Waals surface area contributed by atoms with E-state index in [2.05, 4.69) is 50.1 Å². The van der Waals surface area contributed by atoms with Crippen LogP contribution in [-0.2, 0) is 40.8 Å². The van der Waals surface area contributed by atoms with Gasteiger partial charge in [-0.3, -0.25) is 39.2 Å². The summed E-state index contributed by atoms with van der Waals surface area (Å²) >= 11 is 0. The summed E-state index contributed by atoms with van der Waals surface area (Å²) in [5, 5.41) is 19.1. The lowest BCUT2D eigenvalue weighted by Crippen LogP contribution is -2.48. The number of benzene rings is 3. The number of rotatable bonds is 13. The van der Waals surface area contributed by atoms with E-state index < -0.39 is 18.4 Å². The molecule has 2 fully saturated rings. The van der Waals surface area contributed by atoms with E-state index in [9.17, 15) is 33.4 Å². The van der Waals surface area contributed by atoms with E-state index in [1.165, 1.54) is 33.2 Å². The van der Waals surface area contributed by atoms with Crippen LogP contribution >= 0.6 is 0 Å². The number of aromatic nitrogens is 2. The molecule has 0 aliphatic carbocycles. The molecule has 3 amide bonds. The topological polar surface area (TPSA) is 186 Å². The van der Waals surface area contributed by atoms with Crippen LogP contribution in [0.4, 0.5) is 20.2 Å². The third-order valence-electron chi connectivity index (χ3n) is 13.5. The Kier molecular flexibility index (Phi) is 13.8. The van der Waals surface area contributed by atoms with Gasteiger partial charge in [-0.2, -0.15) is 0 Å². The largest absolute Gasteiger partial charge is 0.404 e. The van der Waals surface area contributed by atoms with Crippen molar-refractivity contribution in [3.05, 3.63) is 110 Å². The second-order valence-corrected chi connectivity index (χ2v) is 17.7. The summed E-state index contributed by atoms with van der Waals surface area (Å²) in [4.78, 5) is 60.1. The van der Waals surface area contributed by atoms with Gasteiger partial charge in [0.2, 0.25) is 17.7 Å². The summed E-state index contributed by atoms with van der Waals surface area (Å²) in [6.45, 7) is 6.24. The molecule has 5 heterocycles. The highest BCUT2D eigenvalue weighted by atomic mass is 19.3. The maximum atomic E-state index is 14.6. The number of carbonyl (C=O) groups is 3. The number of nitrogens with two attached hydrogens (primary N) is 1. The van der Waals surface area contributed by atoms with Crippen LogP contribution in [0, 0.1) is 5.41 Å². The molecule has 348 valence electrons. The molecule has 4 aromatic rings. The highest BCUT2D eigenvalue weighted by Gasteiger charge is 2.33. The van der Waals surface area contributed by atoms with E-state index in [-0.39, 0.29) is 54.3 Å². The molecule has 0 radical (unpaired) electrons. The molecule has 4 aliphatic rings. The summed E-state index contributed by atoms with van der Waals surface area (Å²) in [5.74, 6) is -0.608. The number of nitrogens with one attached hydrogen (secondary N) is 4. The van der Waals surface area contributed by atoms with Crippen LogP contribution in [0.25, 0.3) is 16.6 Å². The third kappa shape index (κ3) is 9.66. The number of hydrogen-bond donors (Lipinski definition) is 5. The number of amides is 3. The molecular formula is C49H59F2N11O4. The SMILES string of the molecule is CN=CC(=CN)c1cc2c(cc1C(F)F)N(C(=N)C1=C(NC3CCN(CCc4ccc(CNc5ccc6c(c5)n(C)c(=O)n6C5CCC(=O)NC5=O)cc4)CC3)CCN(C(C)=O)C1)CCC2. The molecule has 1 aromatic heterocycles. The summed E-state index contributed by atoms with van der Waals surface area (Å²) in [7, 11) is 3.25. The van der Waals surface area contributed by atoms with E-state index in [0.29, 0.717) is 60.3 Å². The van der Waals surface area contributed by atoms with Crippen molar-refractivity contribution in [3.8, 4) is 0 Å². The van der Waals surface area contributed by atoms with Crippen molar-refractivity contribution < 1.29 is 23.2 Å². The number of aliphatic imine (C=N–C) groups is 1. The first kappa shape index (κ1) is 45.9. The van der Waals surface area contributed by atoms with Gasteiger partial charge in [-0.15, -0.1) is 0 Å². The maximum Gasteiger partial charge on any atom is 0.329 e. The van der Waals surface area contributed by atoms with E-state index in [1.54, 1.807) is 32.0 Å². The van der Waals surface area contributed by atoms with E-state index in [0.717, 1.165) is 73.4 Å². The minimum absolute atomic E-state index is 0.0630.